The Balaban J connectivity index is 2.23. The normalized spacial score (nSPS) is 17.7. The molecule has 0 saturated carbocycles. The van der Waals surface area contributed by atoms with Crippen LogP contribution in [0.15, 0.2) is 22.8 Å². The molecule has 3 rings (SSSR count). The van der Waals surface area contributed by atoms with E-state index in [9.17, 15) is 19.8 Å². The first-order chi connectivity index (χ1) is 9.59. The Hall–Kier alpha value is -2.57. The lowest BCUT2D eigenvalue weighted by molar-refractivity contribution is -0.139. The quantitative estimate of drug-likeness (QED) is 0.885. The predicted octanol–water partition coefficient (Wildman–Crippen LogP) is 1.80. The van der Waals surface area contributed by atoms with Gasteiger partial charge in [-0.25, -0.2) is 9.78 Å². The van der Waals surface area contributed by atoms with Crippen molar-refractivity contribution in [3.8, 4) is 11.6 Å². The molecule has 104 valence electrons. The van der Waals surface area contributed by atoms with Crippen LogP contribution >= 0.6 is 0 Å². The molecule has 0 aliphatic carbocycles. The molecule has 0 fully saturated rings. The zero-order chi connectivity index (χ0) is 14.3. The van der Waals surface area contributed by atoms with Crippen molar-refractivity contribution in [1.82, 2.24) is 9.55 Å². The number of hydrogen-bond donors (Lipinski definition) is 2. The molecule has 1 aliphatic heterocycles. The molecule has 2 aromatic heterocycles. The van der Waals surface area contributed by atoms with Crippen LogP contribution < -0.4 is 0 Å². The number of carbonyl (C=O) groups is 2. The van der Waals surface area contributed by atoms with Gasteiger partial charge in [-0.05, 0) is 25.0 Å². The standard InChI is InChI=1S/C13H12N2O5/c16-12(17)7-3-1-5-15-10(7)9(13(18)19)14-11(15)8-4-2-6-20-8/h2,4,6-7H,1,3,5H2,(H,16,17)(H,18,19). The number of aliphatic carboxylic acids is 1. The van der Waals surface area contributed by atoms with Gasteiger partial charge < -0.3 is 19.2 Å². The average molecular weight is 276 g/mol. The van der Waals surface area contributed by atoms with E-state index >= 15 is 0 Å². The zero-order valence-corrected chi connectivity index (χ0v) is 10.4. The topological polar surface area (TPSA) is 106 Å². The van der Waals surface area contributed by atoms with Crippen LogP contribution in [-0.2, 0) is 11.3 Å². The highest BCUT2D eigenvalue weighted by atomic mass is 16.4. The van der Waals surface area contributed by atoms with Gasteiger partial charge >= 0.3 is 11.9 Å². The molecule has 1 unspecified atom stereocenters. The number of nitrogens with zero attached hydrogens (tertiary/aromatic N) is 2. The van der Waals surface area contributed by atoms with Gasteiger partial charge in [0.25, 0.3) is 0 Å². The Morgan fingerprint density at radius 3 is 2.80 bits per heavy atom. The van der Waals surface area contributed by atoms with Crippen LogP contribution in [0, 0.1) is 0 Å². The van der Waals surface area contributed by atoms with E-state index in [0.29, 0.717) is 31.0 Å². The van der Waals surface area contributed by atoms with Gasteiger partial charge in [-0.15, -0.1) is 0 Å². The third-order valence-corrected chi connectivity index (χ3v) is 3.45. The van der Waals surface area contributed by atoms with E-state index in [1.165, 1.54) is 6.26 Å². The largest absolute Gasteiger partial charge is 0.481 e. The minimum absolute atomic E-state index is 0.205. The summed E-state index contributed by atoms with van der Waals surface area (Å²) >= 11 is 0. The highest BCUT2D eigenvalue weighted by Crippen LogP contribution is 2.34. The number of furan rings is 1. The summed E-state index contributed by atoms with van der Waals surface area (Å²) in [7, 11) is 0. The summed E-state index contributed by atoms with van der Waals surface area (Å²) in [6.07, 6.45) is 2.54. The highest BCUT2D eigenvalue weighted by molar-refractivity contribution is 5.90. The van der Waals surface area contributed by atoms with E-state index in [4.69, 9.17) is 4.42 Å². The van der Waals surface area contributed by atoms with Crippen LogP contribution in [0.2, 0.25) is 0 Å². The Bertz CT molecular complexity index is 671. The van der Waals surface area contributed by atoms with E-state index in [1.54, 1.807) is 16.7 Å². The summed E-state index contributed by atoms with van der Waals surface area (Å²) in [6, 6.07) is 3.35. The van der Waals surface area contributed by atoms with Crippen molar-refractivity contribution in [3.63, 3.8) is 0 Å². The van der Waals surface area contributed by atoms with Gasteiger partial charge in [0.1, 0.15) is 0 Å². The lowest BCUT2D eigenvalue weighted by atomic mass is 9.94. The van der Waals surface area contributed by atoms with Crippen LogP contribution in [0.5, 0.6) is 0 Å². The number of hydrogen-bond acceptors (Lipinski definition) is 4. The van der Waals surface area contributed by atoms with Crippen LogP contribution in [0.1, 0.15) is 34.9 Å². The lowest BCUT2D eigenvalue weighted by Crippen LogP contribution is -2.24. The fourth-order valence-corrected chi connectivity index (χ4v) is 2.63. The maximum Gasteiger partial charge on any atom is 0.356 e. The lowest BCUT2D eigenvalue weighted by Gasteiger charge is -2.22. The summed E-state index contributed by atoms with van der Waals surface area (Å²) in [4.78, 5) is 26.7. The molecule has 20 heavy (non-hydrogen) atoms. The molecule has 7 nitrogen and oxygen atoms in total. The Labute approximate surface area is 113 Å². The van der Waals surface area contributed by atoms with Crippen LogP contribution in [0.3, 0.4) is 0 Å². The van der Waals surface area contributed by atoms with Gasteiger partial charge in [0, 0.05) is 6.54 Å². The van der Waals surface area contributed by atoms with E-state index in [1.807, 2.05) is 0 Å². The molecule has 7 heteroatoms. The van der Waals surface area contributed by atoms with Crippen molar-refractivity contribution in [1.29, 1.82) is 0 Å². The molecule has 3 heterocycles. The number of carboxylic acids is 2. The Morgan fingerprint density at radius 1 is 1.40 bits per heavy atom. The second-order valence-electron chi connectivity index (χ2n) is 4.64. The summed E-state index contributed by atoms with van der Waals surface area (Å²) < 4.78 is 6.89. The van der Waals surface area contributed by atoms with Crippen molar-refractivity contribution in [3.05, 3.63) is 29.8 Å². The van der Waals surface area contributed by atoms with Gasteiger partial charge in [0.05, 0.1) is 17.9 Å². The van der Waals surface area contributed by atoms with E-state index < -0.39 is 17.9 Å². The Morgan fingerprint density at radius 2 is 2.20 bits per heavy atom. The summed E-state index contributed by atoms with van der Waals surface area (Å²) in [5.74, 6) is -2.29. The fraction of sp³-hybridized carbons (Fsp3) is 0.308. The summed E-state index contributed by atoms with van der Waals surface area (Å²) in [5, 5.41) is 18.5. The molecular formula is C13H12N2O5. The number of aromatic carboxylic acids is 1. The number of carboxylic acid groups (broad SMARTS) is 2. The molecule has 2 N–H and O–H groups in total. The molecule has 0 saturated heterocycles. The van der Waals surface area contributed by atoms with E-state index in [-0.39, 0.29) is 11.4 Å². The van der Waals surface area contributed by atoms with Crippen molar-refractivity contribution in [2.45, 2.75) is 25.3 Å². The molecule has 0 spiro atoms. The monoisotopic (exact) mass is 276 g/mol. The predicted molar refractivity (Wildman–Crippen MR) is 66.5 cm³/mol. The van der Waals surface area contributed by atoms with Crippen molar-refractivity contribution >= 4 is 11.9 Å². The van der Waals surface area contributed by atoms with Crippen LogP contribution in [0.25, 0.3) is 11.6 Å². The molecule has 0 bridgehead atoms. The SMILES string of the molecule is O=C(O)c1nc(-c2ccco2)n2c1C(C(=O)O)CCC2. The van der Waals surface area contributed by atoms with E-state index in [2.05, 4.69) is 4.98 Å². The smallest absolute Gasteiger partial charge is 0.356 e. The van der Waals surface area contributed by atoms with E-state index in [0.717, 1.165) is 0 Å². The zero-order valence-electron chi connectivity index (χ0n) is 10.4. The van der Waals surface area contributed by atoms with Crippen molar-refractivity contribution in [2.24, 2.45) is 0 Å². The number of imidazole rings is 1. The number of rotatable bonds is 3. The molecule has 2 aromatic rings. The van der Waals surface area contributed by atoms with Crippen molar-refractivity contribution < 1.29 is 24.2 Å². The second kappa shape index (κ2) is 4.52. The minimum Gasteiger partial charge on any atom is -0.481 e. The number of fused-ring (bicyclic) bond motifs is 1. The molecule has 1 atom stereocenters. The second-order valence-corrected chi connectivity index (χ2v) is 4.64. The molecule has 1 aliphatic rings. The molecule has 0 aromatic carbocycles. The fourth-order valence-electron chi connectivity index (χ4n) is 2.63. The highest BCUT2D eigenvalue weighted by Gasteiger charge is 2.35. The molecular weight excluding hydrogens is 264 g/mol. The van der Waals surface area contributed by atoms with Gasteiger partial charge in [-0.1, -0.05) is 0 Å². The first kappa shape index (κ1) is 12.5. The first-order valence-electron chi connectivity index (χ1n) is 6.20. The maximum absolute atomic E-state index is 11.3. The van der Waals surface area contributed by atoms with Gasteiger partial charge in [-0.2, -0.15) is 0 Å². The Kier molecular flexibility index (Phi) is 2.81. The van der Waals surface area contributed by atoms with Gasteiger partial charge in [0.2, 0.25) is 0 Å². The average Bonchev–Trinajstić information content (AvgIpc) is 3.04. The molecule has 0 amide bonds. The van der Waals surface area contributed by atoms with Crippen molar-refractivity contribution in [2.75, 3.05) is 0 Å². The minimum atomic E-state index is -1.22. The number of aromatic nitrogens is 2. The van der Waals surface area contributed by atoms with Gasteiger partial charge in [-0.3, -0.25) is 4.79 Å². The third-order valence-electron chi connectivity index (χ3n) is 3.45. The summed E-state index contributed by atoms with van der Waals surface area (Å²) in [5.41, 5.74) is 0.0474. The van der Waals surface area contributed by atoms with Crippen LogP contribution in [-0.4, -0.2) is 31.7 Å². The first-order valence-corrected chi connectivity index (χ1v) is 6.20. The summed E-state index contributed by atoms with van der Waals surface area (Å²) in [6.45, 7) is 0.537. The molecule has 0 radical (unpaired) electrons. The van der Waals surface area contributed by atoms with Crippen LogP contribution in [0.4, 0.5) is 0 Å². The third kappa shape index (κ3) is 1.78. The van der Waals surface area contributed by atoms with Gasteiger partial charge in [0.15, 0.2) is 17.3 Å². The maximum atomic E-state index is 11.3.